The van der Waals surface area contributed by atoms with E-state index in [1.807, 2.05) is 0 Å². The second kappa shape index (κ2) is 4.66. The first-order valence-corrected chi connectivity index (χ1v) is 7.42. The van der Waals surface area contributed by atoms with Gasteiger partial charge >= 0.3 is 53.8 Å². The van der Waals surface area contributed by atoms with E-state index in [2.05, 4.69) is 0 Å². The molecule has 0 radical (unpaired) electrons. The van der Waals surface area contributed by atoms with Gasteiger partial charge in [-0.05, 0) is 0 Å². The molecule has 1 fully saturated rings. The van der Waals surface area contributed by atoms with Crippen LogP contribution in [0.1, 0.15) is 0 Å². The van der Waals surface area contributed by atoms with E-state index in [0.717, 1.165) is 26.4 Å². The summed E-state index contributed by atoms with van der Waals surface area (Å²) in [5, 5.41) is 0. The Morgan fingerprint density at radius 1 is 0.643 bits per heavy atom. The van der Waals surface area contributed by atoms with Crippen LogP contribution in [0.3, 0.4) is 0 Å². The summed E-state index contributed by atoms with van der Waals surface area (Å²) in [4.78, 5) is 0. The van der Waals surface area contributed by atoms with Crippen molar-refractivity contribution in [2.24, 2.45) is 0 Å². The molecule has 1 rings (SSSR count). The second-order valence-electron chi connectivity index (χ2n) is 2.18. The average molecular weight is 284 g/mol. The van der Waals surface area contributed by atoms with Gasteiger partial charge in [0, 0.05) is 0 Å². The van der Waals surface area contributed by atoms with Gasteiger partial charge in [0.15, 0.2) is 0 Å². The molecule has 0 aliphatic carbocycles. The van der Waals surface area contributed by atoms with Crippen molar-refractivity contribution in [3.63, 3.8) is 0 Å². The fourth-order valence-corrected chi connectivity index (χ4v) is 0.440. The van der Waals surface area contributed by atoms with Gasteiger partial charge in [-0.15, -0.1) is 0 Å². The largest absolute Gasteiger partial charge is 1.00 e. The molecular weight excluding hydrogens is 276 g/mol. The SMILES string of the molecule is C1COCCO1.F[As-](F)(F)(F)(F)F.[Li+]. The quantitative estimate of drug-likeness (QED) is 0.427. The Morgan fingerprint density at radius 3 is 0.857 bits per heavy atom. The summed E-state index contributed by atoms with van der Waals surface area (Å²) < 4.78 is 69.3. The summed E-state index contributed by atoms with van der Waals surface area (Å²) in [6, 6.07) is 0. The van der Waals surface area contributed by atoms with E-state index in [9.17, 15) is 20.8 Å². The van der Waals surface area contributed by atoms with Gasteiger partial charge in [0.2, 0.25) is 0 Å². The van der Waals surface area contributed by atoms with Crippen LogP contribution in [0.25, 0.3) is 0 Å². The number of halogens is 6. The normalized spacial score (nSPS) is 21.9. The topological polar surface area (TPSA) is 18.5 Å². The molecule has 0 N–H and O–H groups in total. The van der Waals surface area contributed by atoms with Gasteiger partial charge in [0.1, 0.15) is 0 Å². The number of hydrogen-bond donors (Lipinski definition) is 0. The van der Waals surface area contributed by atoms with E-state index >= 15 is 0 Å². The van der Waals surface area contributed by atoms with Crippen LogP contribution in [0, 0.1) is 0 Å². The monoisotopic (exact) mass is 284 g/mol. The van der Waals surface area contributed by atoms with Crippen LogP contribution < -0.4 is 18.9 Å². The molecule has 14 heavy (non-hydrogen) atoms. The maximum atomic E-state index is 9.91. The van der Waals surface area contributed by atoms with Crippen molar-refractivity contribution in [2.75, 3.05) is 26.4 Å². The minimum atomic E-state index is -11.1. The third-order valence-electron chi connectivity index (χ3n) is 0.744. The van der Waals surface area contributed by atoms with Crippen LogP contribution in [0.2, 0.25) is 0 Å². The first-order chi connectivity index (χ1) is 5.45. The Bertz CT molecular complexity index is 138. The number of hydrogen-bond acceptors (Lipinski definition) is 2. The Hall–Kier alpha value is 0.656. The van der Waals surface area contributed by atoms with Crippen LogP contribution in [0.15, 0.2) is 0 Å². The van der Waals surface area contributed by atoms with Crippen molar-refractivity contribution < 1.29 is 49.1 Å². The number of ether oxygens (including phenoxy) is 2. The Kier molecular flexibility index (Phi) is 5.68. The summed E-state index contributed by atoms with van der Waals surface area (Å²) >= 11 is -11.1. The van der Waals surface area contributed by atoms with Crippen LogP contribution in [0.5, 0.6) is 0 Å². The Labute approximate surface area is 90.0 Å². The molecule has 0 atom stereocenters. The first-order valence-electron chi connectivity index (χ1n) is 3.17. The fraction of sp³-hybridized carbons (Fsp3) is 1.00. The molecule has 0 saturated carbocycles. The molecule has 1 aliphatic heterocycles. The molecule has 0 aromatic heterocycles. The van der Waals surface area contributed by atoms with Gasteiger partial charge in [-0.25, -0.2) is 0 Å². The molecule has 10 heteroatoms. The summed E-state index contributed by atoms with van der Waals surface area (Å²) in [7, 11) is 0. The van der Waals surface area contributed by atoms with Gasteiger partial charge in [0.25, 0.3) is 0 Å². The van der Waals surface area contributed by atoms with Gasteiger partial charge < -0.3 is 9.47 Å². The smallest absolute Gasteiger partial charge is 1.00 e. The van der Waals surface area contributed by atoms with Crippen molar-refractivity contribution in [2.45, 2.75) is 0 Å². The molecule has 0 spiro atoms. The van der Waals surface area contributed by atoms with Gasteiger partial charge in [-0.2, -0.15) is 0 Å². The zero-order valence-corrected chi connectivity index (χ0v) is 9.24. The van der Waals surface area contributed by atoms with Gasteiger partial charge in [-0.1, -0.05) is 0 Å². The van der Waals surface area contributed by atoms with Crippen LogP contribution in [-0.4, -0.2) is 40.6 Å². The molecule has 0 aromatic carbocycles. The molecule has 1 heterocycles. The van der Waals surface area contributed by atoms with Crippen LogP contribution >= 0.6 is 0 Å². The Balaban J connectivity index is 0. The molecule has 0 bridgehead atoms. The zero-order valence-electron chi connectivity index (χ0n) is 7.36. The maximum absolute atomic E-state index is 11.1. The zero-order chi connectivity index (χ0) is 10.7. The molecule has 0 unspecified atom stereocenters. The molecule has 1 saturated heterocycles. The van der Waals surface area contributed by atoms with Gasteiger partial charge in [-0.3, -0.25) is 0 Å². The summed E-state index contributed by atoms with van der Waals surface area (Å²) in [6.07, 6.45) is 0. The van der Waals surface area contributed by atoms with Crippen LogP contribution in [0.4, 0.5) is 20.8 Å². The number of rotatable bonds is 0. The van der Waals surface area contributed by atoms with Crippen molar-refractivity contribution in [1.29, 1.82) is 0 Å². The van der Waals surface area contributed by atoms with E-state index in [-0.39, 0.29) is 18.9 Å². The molecule has 1 aliphatic rings. The maximum Gasteiger partial charge on any atom is 1.00 e. The van der Waals surface area contributed by atoms with E-state index in [1.165, 1.54) is 0 Å². The van der Waals surface area contributed by atoms with Crippen molar-refractivity contribution in [3.05, 3.63) is 0 Å². The van der Waals surface area contributed by atoms with Crippen molar-refractivity contribution in [1.82, 2.24) is 0 Å². The minimum absolute atomic E-state index is 0. The summed E-state index contributed by atoms with van der Waals surface area (Å²) in [5.41, 5.74) is 0. The van der Waals surface area contributed by atoms with Crippen LogP contribution in [-0.2, 0) is 9.47 Å². The molecule has 84 valence electrons. The van der Waals surface area contributed by atoms with Gasteiger partial charge in [0.05, 0.1) is 26.4 Å². The minimum Gasteiger partial charge on any atom is 1.00 e. The van der Waals surface area contributed by atoms with Crippen molar-refractivity contribution >= 4 is 14.2 Å². The summed E-state index contributed by atoms with van der Waals surface area (Å²) in [5.74, 6) is 0. The predicted molar refractivity (Wildman–Crippen MR) is 34.0 cm³/mol. The van der Waals surface area contributed by atoms with E-state index < -0.39 is 14.2 Å². The Morgan fingerprint density at radius 2 is 0.786 bits per heavy atom. The standard InChI is InChI=1S/C4H8O2.AsF6.Li/c1-2-6-4-3-5-1;2-1(3,4,5,6)7;/h1-4H2;;/q;-1;+1. The summed E-state index contributed by atoms with van der Waals surface area (Å²) in [6.45, 7) is 3.11. The second-order valence-corrected chi connectivity index (χ2v) is 6.20. The third kappa shape index (κ3) is 38.8. The molecule has 0 amide bonds. The average Bonchev–Trinajstić information content (AvgIpc) is 1.84. The predicted octanol–water partition coefficient (Wildman–Crippen LogP) is -0.822. The molecule has 2 nitrogen and oxygen atoms in total. The molecular formula is C4H8AsF6LiO2. The first kappa shape index (κ1) is 17.1. The van der Waals surface area contributed by atoms with E-state index in [1.54, 1.807) is 0 Å². The van der Waals surface area contributed by atoms with E-state index in [4.69, 9.17) is 9.47 Å². The third-order valence-corrected chi connectivity index (χ3v) is 0.744. The molecule has 0 aromatic rings. The van der Waals surface area contributed by atoms with E-state index in [0.29, 0.717) is 0 Å². The van der Waals surface area contributed by atoms with Crippen molar-refractivity contribution in [3.8, 4) is 0 Å². The fourth-order valence-electron chi connectivity index (χ4n) is 0.440.